The van der Waals surface area contributed by atoms with Crippen LogP contribution in [-0.4, -0.2) is 76.2 Å². The maximum absolute atomic E-state index is 13.6. The summed E-state index contributed by atoms with van der Waals surface area (Å²) in [6.07, 6.45) is 6.13. The fourth-order valence-corrected chi connectivity index (χ4v) is 7.37. The number of halogens is 1. The van der Waals surface area contributed by atoms with Crippen LogP contribution in [0.25, 0.3) is 10.6 Å². The van der Waals surface area contributed by atoms with Crippen molar-refractivity contribution in [2.24, 2.45) is 11.8 Å². The summed E-state index contributed by atoms with van der Waals surface area (Å²) in [7, 11) is 3.54. The quantitative estimate of drug-likeness (QED) is 0.418. The van der Waals surface area contributed by atoms with E-state index in [0.29, 0.717) is 54.8 Å². The van der Waals surface area contributed by atoms with Crippen LogP contribution in [0.4, 0.5) is 4.39 Å². The van der Waals surface area contributed by atoms with E-state index in [-0.39, 0.29) is 28.9 Å². The van der Waals surface area contributed by atoms with E-state index in [9.17, 15) is 23.9 Å². The van der Waals surface area contributed by atoms with Gasteiger partial charge in [-0.1, -0.05) is 23.5 Å². The molecule has 228 valence electrons. The number of hydrogen-bond acceptors (Lipinski definition) is 9. The van der Waals surface area contributed by atoms with Gasteiger partial charge in [-0.2, -0.15) is 0 Å². The highest BCUT2D eigenvalue weighted by molar-refractivity contribution is 7.14. The monoisotopic (exact) mass is 610 g/mol. The van der Waals surface area contributed by atoms with E-state index in [1.165, 1.54) is 23.5 Å². The highest BCUT2D eigenvalue weighted by Crippen LogP contribution is 2.42. The van der Waals surface area contributed by atoms with Crippen molar-refractivity contribution >= 4 is 23.2 Å². The molecule has 43 heavy (non-hydrogen) atoms. The smallest absolute Gasteiger partial charge is 0.278 e. The minimum atomic E-state index is -0.694. The summed E-state index contributed by atoms with van der Waals surface area (Å²) < 4.78 is 20.2. The molecule has 1 unspecified atom stereocenters. The Balaban J connectivity index is 1.20. The lowest BCUT2D eigenvalue weighted by Crippen LogP contribution is -2.69. The number of nitrogens with one attached hydrogen (secondary N) is 1. The Hall–Kier alpha value is -3.84. The SMILES string of the molecule is CN1C(=O)c2c(O)c(=O)c(-c3nnc(Cc4ccc(F)cc4)s3)cn2N(C)C12CCC(CC(=O)NCC1CCOC1)CC2. The van der Waals surface area contributed by atoms with Gasteiger partial charge in [0.15, 0.2) is 16.5 Å². The first-order chi connectivity index (χ1) is 20.7. The second kappa shape index (κ2) is 11.7. The number of aromatic hydroxyl groups is 1. The molecule has 0 bridgehead atoms. The number of carbonyl (C=O) groups excluding carboxylic acids is 2. The van der Waals surface area contributed by atoms with Crippen molar-refractivity contribution in [1.29, 1.82) is 0 Å². The van der Waals surface area contributed by atoms with E-state index in [2.05, 4.69) is 15.5 Å². The number of amides is 2. The Bertz CT molecular complexity index is 1580. The van der Waals surface area contributed by atoms with E-state index >= 15 is 0 Å². The number of rotatable bonds is 7. The van der Waals surface area contributed by atoms with Gasteiger partial charge in [-0.05, 0) is 55.7 Å². The molecule has 6 rings (SSSR count). The van der Waals surface area contributed by atoms with Gasteiger partial charge in [0, 0.05) is 52.2 Å². The van der Waals surface area contributed by atoms with Crippen LogP contribution in [-0.2, 0) is 16.0 Å². The molecule has 2 fully saturated rings. The molecular formula is C30H35FN6O5S. The Morgan fingerprint density at radius 2 is 1.88 bits per heavy atom. The number of aromatic nitrogens is 3. The topological polar surface area (TPSA) is 130 Å². The molecule has 3 aromatic rings. The van der Waals surface area contributed by atoms with Crippen LogP contribution < -0.4 is 15.8 Å². The highest BCUT2D eigenvalue weighted by Gasteiger charge is 2.50. The largest absolute Gasteiger partial charge is 0.502 e. The zero-order valence-corrected chi connectivity index (χ0v) is 25.0. The lowest BCUT2D eigenvalue weighted by atomic mass is 9.78. The van der Waals surface area contributed by atoms with Crippen LogP contribution in [0.1, 0.15) is 59.6 Å². The molecule has 2 aliphatic heterocycles. The lowest BCUT2D eigenvalue weighted by Gasteiger charge is -2.55. The third-order valence-corrected chi connectivity index (χ3v) is 10.1. The summed E-state index contributed by atoms with van der Waals surface area (Å²) in [6.45, 7) is 2.08. The number of ether oxygens (including phenoxy) is 1. The standard InChI is InChI=1S/C30H35FN6O5S/c1-35-29(41)25-27(40)26(39)22(28-34-33-24(43-28)14-18-3-5-21(31)6-4-18)16-37(25)36(2)30(35)10-7-19(8-11-30)13-23(38)32-15-20-9-12-42-17-20/h3-6,16,19-20,40H,7-15,17H2,1-2H3,(H,32,38). The molecule has 1 saturated carbocycles. The molecule has 1 atom stereocenters. The molecule has 2 amide bonds. The van der Waals surface area contributed by atoms with Crippen LogP contribution in [0, 0.1) is 17.7 Å². The van der Waals surface area contributed by atoms with Gasteiger partial charge in [-0.25, -0.2) is 4.39 Å². The van der Waals surface area contributed by atoms with Crippen molar-refractivity contribution in [2.75, 3.05) is 38.9 Å². The normalized spacial score (nSPS) is 23.6. The number of pyridine rings is 1. The van der Waals surface area contributed by atoms with Gasteiger partial charge >= 0.3 is 0 Å². The van der Waals surface area contributed by atoms with Crippen LogP contribution in [0.5, 0.6) is 5.75 Å². The van der Waals surface area contributed by atoms with Gasteiger partial charge in [0.1, 0.15) is 16.5 Å². The number of benzene rings is 1. The van der Waals surface area contributed by atoms with E-state index < -0.39 is 22.7 Å². The molecule has 2 N–H and O–H groups in total. The number of hydrogen-bond donors (Lipinski definition) is 2. The molecule has 3 aliphatic rings. The molecule has 13 heteroatoms. The zero-order valence-electron chi connectivity index (χ0n) is 24.2. The van der Waals surface area contributed by atoms with Crippen molar-refractivity contribution in [3.8, 4) is 16.3 Å². The van der Waals surface area contributed by atoms with E-state index in [1.54, 1.807) is 35.0 Å². The first-order valence-corrected chi connectivity index (χ1v) is 15.4. The third-order valence-electron chi connectivity index (χ3n) is 9.18. The average molecular weight is 611 g/mol. The Morgan fingerprint density at radius 1 is 1.14 bits per heavy atom. The molecule has 1 aromatic carbocycles. The summed E-state index contributed by atoms with van der Waals surface area (Å²) in [5.74, 6) is -0.785. The Morgan fingerprint density at radius 3 is 2.58 bits per heavy atom. The van der Waals surface area contributed by atoms with Gasteiger partial charge in [0.05, 0.1) is 12.2 Å². The number of carbonyl (C=O) groups is 2. The lowest BCUT2D eigenvalue weighted by molar-refractivity contribution is -0.122. The number of fused-ring (bicyclic) bond motifs is 1. The molecule has 1 saturated heterocycles. The highest BCUT2D eigenvalue weighted by atomic mass is 32.1. The summed E-state index contributed by atoms with van der Waals surface area (Å²) in [5.41, 5.74) is -0.493. The molecule has 4 heterocycles. The van der Waals surface area contributed by atoms with E-state index in [0.717, 1.165) is 31.4 Å². The maximum Gasteiger partial charge on any atom is 0.278 e. The van der Waals surface area contributed by atoms with Crippen molar-refractivity contribution in [1.82, 2.24) is 25.1 Å². The predicted octanol–water partition coefficient (Wildman–Crippen LogP) is 2.89. The molecule has 1 spiro atoms. The van der Waals surface area contributed by atoms with Crippen molar-refractivity contribution in [3.63, 3.8) is 0 Å². The van der Waals surface area contributed by atoms with E-state index in [4.69, 9.17) is 4.74 Å². The van der Waals surface area contributed by atoms with Gasteiger partial charge in [-0.15, -0.1) is 10.2 Å². The molecular weight excluding hydrogens is 575 g/mol. The van der Waals surface area contributed by atoms with Crippen LogP contribution in [0.3, 0.4) is 0 Å². The molecule has 1 aliphatic carbocycles. The van der Waals surface area contributed by atoms with E-state index in [1.807, 2.05) is 12.1 Å². The maximum atomic E-state index is 13.6. The van der Waals surface area contributed by atoms with Crippen molar-refractivity contribution in [3.05, 3.63) is 62.8 Å². The molecule has 0 radical (unpaired) electrons. The first-order valence-electron chi connectivity index (χ1n) is 14.6. The zero-order chi connectivity index (χ0) is 30.3. The van der Waals surface area contributed by atoms with Crippen LogP contribution in [0.15, 0.2) is 35.3 Å². The summed E-state index contributed by atoms with van der Waals surface area (Å²) >= 11 is 1.21. The minimum Gasteiger partial charge on any atom is -0.502 e. The minimum absolute atomic E-state index is 0.0439. The van der Waals surface area contributed by atoms with Gasteiger partial charge in [0.25, 0.3) is 5.91 Å². The van der Waals surface area contributed by atoms with Crippen LogP contribution >= 0.6 is 11.3 Å². The fourth-order valence-electron chi connectivity index (χ4n) is 6.49. The van der Waals surface area contributed by atoms with Gasteiger partial charge in [-0.3, -0.25) is 24.1 Å². The van der Waals surface area contributed by atoms with Gasteiger partial charge in [0.2, 0.25) is 11.3 Å². The Kier molecular flexibility index (Phi) is 7.94. The van der Waals surface area contributed by atoms with Gasteiger partial charge < -0.3 is 20.1 Å². The Labute approximate surface area is 252 Å². The third kappa shape index (κ3) is 5.51. The average Bonchev–Trinajstić information content (AvgIpc) is 3.70. The summed E-state index contributed by atoms with van der Waals surface area (Å²) in [4.78, 5) is 41.1. The molecule has 2 aromatic heterocycles. The van der Waals surface area contributed by atoms with Crippen molar-refractivity contribution < 1.29 is 23.8 Å². The second-order valence-corrected chi connectivity index (χ2v) is 12.8. The summed E-state index contributed by atoms with van der Waals surface area (Å²) in [6, 6.07) is 6.08. The fraction of sp³-hybridized carbons (Fsp3) is 0.500. The van der Waals surface area contributed by atoms with Crippen molar-refractivity contribution in [2.45, 2.75) is 50.6 Å². The summed E-state index contributed by atoms with van der Waals surface area (Å²) in [5, 5.41) is 25.3. The second-order valence-electron chi connectivity index (χ2n) is 11.8. The van der Waals surface area contributed by atoms with Crippen LogP contribution in [0.2, 0.25) is 0 Å². The number of nitrogens with zero attached hydrogens (tertiary/aromatic N) is 5. The first kappa shape index (κ1) is 29.2. The predicted molar refractivity (Wildman–Crippen MR) is 158 cm³/mol. The molecule has 11 nitrogen and oxygen atoms in total.